The number of hydrogen-bond donors (Lipinski definition) is 0. The standard InChI is InChI=1S/C11H14O5/c1-7(5-15-9(3)12)11(14)8(2)6-16-10(4)13/h1-2,5-6H2,3-4H3. The summed E-state index contributed by atoms with van der Waals surface area (Å²) in [7, 11) is 0. The fourth-order valence-electron chi connectivity index (χ4n) is 0.759. The van der Waals surface area contributed by atoms with Gasteiger partial charge >= 0.3 is 11.9 Å². The van der Waals surface area contributed by atoms with Gasteiger partial charge in [-0.25, -0.2) is 0 Å². The van der Waals surface area contributed by atoms with Crippen molar-refractivity contribution in [3.8, 4) is 0 Å². The molecule has 0 saturated carbocycles. The Morgan fingerprint density at radius 3 is 1.44 bits per heavy atom. The molecule has 0 radical (unpaired) electrons. The van der Waals surface area contributed by atoms with Crippen molar-refractivity contribution in [2.75, 3.05) is 13.2 Å². The number of esters is 2. The Morgan fingerprint density at radius 1 is 0.875 bits per heavy atom. The minimum Gasteiger partial charge on any atom is -0.461 e. The van der Waals surface area contributed by atoms with Crippen LogP contribution in [-0.2, 0) is 23.9 Å². The molecule has 0 bridgehead atoms. The summed E-state index contributed by atoms with van der Waals surface area (Å²) < 4.78 is 9.18. The van der Waals surface area contributed by atoms with Gasteiger partial charge in [-0.3, -0.25) is 14.4 Å². The van der Waals surface area contributed by atoms with E-state index in [0.29, 0.717) is 0 Å². The van der Waals surface area contributed by atoms with Crippen molar-refractivity contribution in [1.29, 1.82) is 0 Å². The number of hydrogen-bond acceptors (Lipinski definition) is 5. The molecule has 0 amide bonds. The van der Waals surface area contributed by atoms with Crippen molar-refractivity contribution >= 4 is 17.7 Å². The van der Waals surface area contributed by atoms with Crippen LogP contribution in [0, 0.1) is 0 Å². The minimum absolute atomic E-state index is 0.0901. The summed E-state index contributed by atoms with van der Waals surface area (Å²) in [6.07, 6.45) is 0. The van der Waals surface area contributed by atoms with Crippen LogP contribution in [0.3, 0.4) is 0 Å². The predicted octanol–water partition coefficient (Wildman–Crippen LogP) is 0.794. The van der Waals surface area contributed by atoms with Crippen LogP contribution in [-0.4, -0.2) is 30.9 Å². The number of carbonyl (C=O) groups is 3. The molecule has 0 aliphatic heterocycles. The van der Waals surface area contributed by atoms with Crippen LogP contribution in [0.4, 0.5) is 0 Å². The third-order valence-electron chi connectivity index (χ3n) is 1.54. The molecule has 0 aromatic rings. The molecular weight excluding hydrogens is 212 g/mol. The molecule has 5 heteroatoms. The molecule has 0 N–H and O–H groups in total. The molecule has 88 valence electrons. The first kappa shape index (κ1) is 14.1. The Bertz CT molecular complexity index is 308. The molecule has 0 aliphatic carbocycles. The lowest BCUT2D eigenvalue weighted by Crippen LogP contribution is -2.16. The molecular formula is C11H14O5. The first-order valence-electron chi connectivity index (χ1n) is 4.51. The van der Waals surface area contributed by atoms with Gasteiger partial charge in [0.15, 0.2) is 5.78 Å². The molecule has 0 aromatic heterocycles. The van der Waals surface area contributed by atoms with Crippen LogP contribution in [0.2, 0.25) is 0 Å². The maximum Gasteiger partial charge on any atom is 0.302 e. The summed E-state index contributed by atoms with van der Waals surface area (Å²) in [6, 6.07) is 0. The lowest BCUT2D eigenvalue weighted by Gasteiger charge is -2.07. The zero-order valence-electron chi connectivity index (χ0n) is 9.37. The van der Waals surface area contributed by atoms with Gasteiger partial charge in [0, 0.05) is 25.0 Å². The van der Waals surface area contributed by atoms with Crippen LogP contribution < -0.4 is 0 Å². The van der Waals surface area contributed by atoms with Gasteiger partial charge < -0.3 is 9.47 Å². The normalized spacial score (nSPS) is 9.12. The second-order valence-electron chi connectivity index (χ2n) is 3.10. The van der Waals surface area contributed by atoms with Crippen molar-refractivity contribution in [3.05, 3.63) is 24.3 Å². The van der Waals surface area contributed by atoms with Gasteiger partial charge in [0.1, 0.15) is 13.2 Å². The van der Waals surface area contributed by atoms with Gasteiger partial charge in [0.05, 0.1) is 0 Å². The zero-order valence-corrected chi connectivity index (χ0v) is 9.37. The molecule has 0 atom stereocenters. The molecule has 0 fully saturated rings. The Kier molecular flexibility index (Phi) is 5.77. The highest BCUT2D eigenvalue weighted by Crippen LogP contribution is 2.04. The lowest BCUT2D eigenvalue weighted by molar-refractivity contribution is -0.140. The average molecular weight is 226 g/mol. The molecule has 5 nitrogen and oxygen atoms in total. The molecule has 0 aromatic carbocycles. The van der Waals surface area contributed by atoms with Crippen LogP contribution in [0.1, 0.15) is 13.8 Å². The second-order valence-corrected chi connectivity index (χ2v) is 3.10. The lowest BCUT2D eigenvalue weighted by atomic mass is 10.1. The molecule has 0 heterocycles. The highest BCUT2D eigenvalue weighted by molar-refractivity contribution is 6.08. The van der Waals surface area contributed by atoms with Crippen LogP contribution in [0.15, 0.2) is 24.3 Å². The third kappa shape index (κ3) is 5.74. The van der Waals surface area contributed by atoms with Crippen LogP contribution >= 0.6 is 0 Å². The first-order chi connectivity index (χ1) is 7.34. The Hall–Kier alpha value is -1.91. The number of rotatable bonds is 6. The van der Waals surface area contributed by atoms with E-state index in [9.17, 15) is 14.4 Å². The van der Waals surface area contributed by atoms with Crippen molar-refractivity contribution in [2.24, 2.45) is 0 Å². The second kappa shape index (κ2) is 6.55. The molecule has 0 rings (SSSR count). The van der Waals surface area contributed by atoms with Gasteiger partial charge in [-0.15, -0.1) is 0 Å². The summed E-state index contributed by atoms with van der Waals surface area (Å²) in [4.78, 5) is 32.5. The number of ketones is 1. The zero-order chi connectivity index (χ0) is 12.7. The first-order valence-corrected chi connectivity index (χ1v) is 4.51. The molecule has 16 heavy (non-hydrogen) atoms. The minimum atomic E-state index is -0.500. The Balaban J connectivity index is 4.12. The van der Waals surface area contributed by atoms with E-state index in [1.165, 1.54) is 13.8 Å². The molecule has 0 unspecified atom stereocenters. The molecule has 0 saturated heterocycles. The van der Waals surface area contributed by atoms with Crippen molar-refractivity contribution in [1.82, 2.24) is 0 Å². The van der Waals surface area contributed by atoms with E-state index in [4.69, 9.17) is 0 Å². The third-order valence-corrected chi connectivity index (χ3v) is 1.54. The Morgan fingerprint density at radius 2 is 1.19 bits per heavy atom. The summed E-state index contributed by atoms with van der Waals surface area (Å²) in [5, 5.41) is 0. The predicted molar refractivity (Wildman–Crippen MR) is 56.6 cm³/mol. The smallest absolute Gasteiger partial charge is 0.302 e. The maximum atomic E-state index is 11.5. The van der Waals surface area contributed by atoms with Crippen molar-refractivity contribution in [3.63, 3.8) is 0 Å². The van der Waals surface area contributed by atoms with Crippen LogP contribution in [0.25, 0.3) is 0 Å². The number of Topliss-reactive ketones (excluding diaryl/α,β-unsaturated/α-hetero) is 1. The van der Waals surface area contributed by atoms with E-state index in [-0.39, 0.29) is 24.4 Å². The molecule has 0 aliphatic rings. The fourth-order valence-corrected chi connectivity index (χ4v) is 0.759. The summed E-state index contributed by atoms with van der Waals surface area (Å²) in [5.41, 5.74) is 0.180. The van der Waals surface area contributed by atoms with Gasteiger partial charge in [0.2, 0.25) is 0 Å². The number of carbonyl (C=O) groups excluding carboxylic acids is 3. The van der Waals surface area contributed by atoms with E-state index in [0.717, 1.165) is 0 Å². The Labute approximate surface area is 93.7 Å². The van der Waals surface area contributed by atoms with E-state index in [1.807, 2.05) is 0 Å². The summed E-state index contributed by atoms with van der Waals surface area (Å²) in [6.45, 7) is 8.97. The van der Waals surface area contributed by atoms with Gasteiger partial charge in [-0.1, -0.05) is 13.2 Å². The maximum absolute atomic E-state index is 11.5. The molecule has 0 spiro atoms. The van der Waals surface area contributed by atoms with E-state index >= 15 is 0 Å². The SMILES string of the molecule is C=C(COC(C)=O)C(=O)C(=C)COC(C)=O. The van der Waals surface area contributed by atoms with Crippen molar-refractivity contribution < 1.29 is 23.9 Å². The highest BCUT2D eigenvalue weighted by atomic mass is 16.5. The quantitative estimate of drug-likeness (QED) is 0.494. The largest absolute Gasteiger partial charge is 0.461 e. The number of ether oxygens (including phenoxy) is 2. The van der Waals surface area contributed by atoms with E-state index < -0.39 is 17.7 Å². The van der Waals surface area contributed by atoms with Crippen molar-refractivity contribution in [2.45, 2.75) is 13.8 Å². The topological polar surface area (TPSA) is 69.7 Å². The van der Waals surface area contributed by atoms with Gasteiger partial charge in [-0.05, 0) is 0 Å². The average Bonchev–Trinajstić information content (AvgIpc) is 2.21. The van der Waals surface area contributed by atoms with Gasteiger partial charge in [0.25, 0.3) is 0 Å². The van der Waals surface area contributed by atoms with Crippen LogP contribution in [0.5, 0.6) is 0 Å². The highest BCUT2D eigenvalue weighted by Gasteiger charge is 2.13. The monoisotopic (exact) mass is 226 g/mol. The summed E-state index contributed by atoms with van der Waals surface area (Å²) in [5.74, 6) is -1.47. The fraction of sp³-hybridized carbons (Fsp3) is 0.364. The summed E-state index contributed by atoms with van der Waals surface area (Å²) >= 11 is 0. The van der Waals surface area contributed by atoms with Gasteiger partial charge in [-0.2, -0.15) is 0 Å². The van der Waals surface area contributed by atoms with E-state index in [2.05, 4.69) is 22.6 Å². The van der Waals surface area contributed by atoms with E-state index in [1.54, 1.807) is 0 Å².